The fourth-order valence-electron chi connectivity index (χ4n) is 2.30. The van der Waals surface area contributed by atoms with E-state index in [-0.39, 0.29) is 29.9 Å². The maximum Gasteiger partial charge on any atom is 0.335 e. The average molecular weight is 373 g/mol. The summed E-state index contributed by atoms with van der Waals surface area (Å²) in [6.45, 7) is 2.58. The Balaban J connectivity index is 1.90. The van der Waals surface area contributed by atoms with Gasteiger partial charge in [-0.3, -0.25) is 9.59 Å². The molecule has 1 amide bonds. The lowest BCUT2D eigenvalue weighted by Crippen LogP contribution is -2.15. The van der Waals surface area contributed by atoms with Gasteiger partial charge in [-0.2, -0.15) is 0 Å². The van der Waals surface area contributed by atoms with Gasteiger partial charge in [-0.25, -0.2) is 9.18 Å². The third-order valence-corrected chi connectivity index (χ3v) is 3.72. The topological polar surface area (TPSA) is 92.7 Å². The third-order valence-electron chi connectivity index (χ3n) is 3.72. The summed E-state index contributed by atoms with van der Waals surface area (Å²) in [6, 6.07) is 9.73. The molecule has 0 bridgehead atoms. The van der Waals surface area contributed by atoms with Crippen LogP contribution in [0.3, 0.4) is 0 Å². The number of nitrogens with one attached hydrogen (secondary N) is 1. The van der Waals surface area contributed by atoms with E-state index in [1.54, 1.807) is 24.3 Å². The fraction of sp³-hybridized carbons (Fsp3) is 0.250. The number of ether oxygens (including phenoxy) is 1. The highest BCUT2D eigenvalue weighted by Gasteiger charge is 2.13. The Labute approximate surface area is 156 Å². The van der Waals surface area contributed by atoms with Crippen molar-refractivity contribution in [2.75, 3.05) is 11.9 Å². The maximum absolute atomic E-state index is 13.7. The number of Topliss-reactive ketones (excluding diaryl/α,β-unsaturated/α-hetero) is 1. The van der Waals surface area contributed by atoms with Crippen LogP contribution >= 0.6 is 0 Å². The monoisotopic (exact) mass is 373 g/mol. The highest BCUT2D eigenvalue weighted by atomic mass is 19.1. The molecule has 0 saturated heterocycles. The van der Waals surface area contributed by atoms with E-state index in [2.05, 4.69) is 5.32 Å². The Morgan fingerprint density at radius 1 is 1.04 bits per heavy atom. The maximum atomic E-state index is 13.7. The number of amides is 1. The number of hydrogen-bond acceptors (Lipinski definition) is 4. The zero-order chi connectivity index (χ0) is 19.8. The SMILES string of the molecule is CCCOc1ccc(C(=O)CCC(=O)Nc2cc(C(=O)O)ccc2F)cc1. The van der Waals surface area contributed by atoms with Crippen molar-refractivity contribution in [1.82, 2.24) is 0 Å². The van der Waals surface area contributed by atoms with E-state index in [0.717, 1.165) is 24.6 Å². The van der Waals surface area contributed by atoms with Crippen LogP contribution in [0.15, 0.2) is 42.5 Å². The van der Waals surface area contributed by atoms with Crippen molar-refractivity contribution in [3.05, 3.63) is 59.4 Å². The smallest absolute Gasteiger partial charge is 0.335 e. The molecule has 0 fully saturated rings. The van der Waals surface area contributed by atoms with Gasteiger partial charge >= 0.3 is 5.97 Å². The molecule has 0 aromatic heterocycles. The summed E-state index contributed by atoms with van der Waals surface area (Å²) < 4.78 is 19.1. The van der Waals surface area contributed by atoms with Gasteiger partial charge in [0.25, 0.3) is 0 Å². The highest BCUT2D eigenvalue weighted by Crippen LogP contribution is 2.18. The van der Waals surface area contributed by atoms with Gasteiger partial charge in [0.05, 0.1) is 17.9 Å². The van der Waals surface area contributed by atoms with Gasteiger partial charge in [-0.15, -0.1) is 0 Å². The summed E-state index contributed by atoms with van der Waals surface area (Å²) in [5.74, 6) is -2.12. The molecule has 0 atom stereocenters. The first kappa shape index (κ1) is 20.1. The highest BCUT2D eigenvalue weighted by molar-refractivity contribution is 6.00. The van der Waals surface area contributed by atoms with Crippen LogP contribution in [-0.2, 0) is 4.79 Å². The lowest BCUT2D eigenvalue weighted by atomic mass is 10.1. The molecule has 0 unspecified atom stereocenters. The summed E-state index contributed by atoms with van der Waals surface area (Å²) in [5.41, 5.74) is 0.0728. The number of benzene rings is 2. The third kappa shape index (κ3) is 5.91. The van der Waals surface area contributed by atoms with Crippen molar-refractivity contribution in [1.29, 1.82) is 0 Å². The molecule has 2 rings (SSSR count). The molecular weight excluding hydrogens is 353 g/mol. The second-order valence-electron chi connectivity index (χ2n) is 5.84. The van der Waals surface area contributed by atoms with E-state index in [0.29, 0.717) is 17.9 Å². The summed E-state index contributed by atoms with van der Waals surface area (Å²) in [6.07, 6.45) is 0.677. The fourth-order valence-corrected chi connectivity index (χ4v) is 2.30. The first-order valence-corrected chi connectivity index (χ1v) is 8.49. The van der Waals surface area contributed by atoms with Gasteiger partial charge < -0.3 is 15.2 Å². The summed E-state index contributed by atoms with van der Waals surface area (Å²) in [4.78, 5) is 35.0. The molecule has 142 valence electrons. The van der Waals surface area contributed by atoms with Crippen molar-refractivity contribution in [2.24, 2.45) is 0 Å². The van der Waals surface area contributed by atoms with Gasteiger partial charge in [0.15, 0.2) is 5.78 Å². The van der Waals surface area contributed by atoms with Crippen molar-refractivity contribution in [3.8, 4) is 5.75 Å². The van der Waals surface area contributed by atoms with Crippen molar-refractivity contribution in [3.63, 3.8) is 0 Å². The molecule has 27 heavy (non-hydrogen) atoms. The number of carboxylic acid groups (broad SMARTS) is 1. The van der Waals surface area contributed by atoms with Crippen LogP contribution < -0.4 is 10.1 Å². The van der Waals surface area contributed by atoms with E-state index >= 15 is 0 Å². The number of rotatable bonds is 9. The minimum atomic E-state index is -1.23. The van der Waals surface area contributed by atoms with Crippen molar-refractivity contribution >= 4 is 23.3 Å². The zero-order valence-corrected chi connectivity index (χ0v) is 14.8. The molecule has 0 radical (unpaired) electrons. The minimum Gasteiger partial charge on any atom is -0.494 e. The first-order valence-electron chi connectivity index (χ1n) is 8.49. The Morgan fingerprint density at radius 2 is 1.70 bits per heavy atom. The van der Waals surface area contributed by atoms with E-state index in [1.165, 1.54) is 0 Å². The summed E-state index contributed by atoms with van der Waals surface area (Å²) in [5, 5.41) is 11.2. The van der Waals surface area contributed by atoms with Crippen LogP contribution in [-0.4, -0.2) is 29.4 Å². The van der Waals surface area contributed by atoms with Gasteiger partial charge in [-0.1, -0.05) is 6.92 Å². The lowest BCUT2D eigenvalue weighted by Gasteiger charge is -2.08. The molecule has 2 aromatic carbocycles. The number of carboxylic acids is 1. The molecule has 2 N–H and O–H groups in total. The molecule has 7 heteroatoms. The van der Waals surface area contributed by atoms with Crippen LogP contribution in [0.4, 0.5) is 10.1 Å². The molecule has 0 heterocycles. The van der Waals surface area contributed by atoms with Gasteiger partial charge in [-0.05, 0) is 48.9 Å². The zero-order valence-electron chi connectivity index (χ0n) is 14.8. The standard InChI is InChI=1S/C20H20FNO5/c1-2-11-27-15-6-3-13(4-7-15)18(23)9-10-19(24)22-17-12-14(20(25)26)5-8-16(17)21/h3-8,12H,2,9-11H2,1H3,(H,22,24)(H,25,26). The van der Waals surface area contributed by atoms with Crippen LogP contribution in [0.25, 0.3) is 0 Å². The molecule has 0 aliphatic carbocycles. The lowest BCUT2D eigenvalue weighted by molar-refractivity contribution is -0.116. The largest absolute Gasteiger partial charge is 0.494 e. The Hall–Kier alpha value is -3.22. The Kier molecular flexibility index (Phi) is 7.05. The van der Waals surface area contributed by atoms with Gasteiger partial charge in [0.1, 0.15) is 11.6 Å². The van der Waals surface area contributed by atoms with Crippen LogP contribution in [0.5, 0.6) is 5.75 Å². The first-order chi connectivity index (χ1) is 12.9. The number of aromatic carboxylic acids is 1. The van der Waals surface area contributed by atoms with Crippen LogP contribution in [0.1, 0.15) is 46.9 Å². The summed E-state index contributed by atoms with van der Waals surface area (Å²) >= 11 is 0. The van der Waals surface area contributed by atoms with Crippen molar-refractivity contribution < 1.29 is 28.6 Å². The van der Waals surface area contributed by atoms with E-state index in [1.807, 2.05) is 6.92 Å². The Bertz CT molecular complexity index is 833. The van der Waals surface area contributed by atoms with Crippen LogP contribution in [0.2, 0.25) is 0 Å². The molecule has 0 aliphatic heterocycles. The summed E-state index contributed by atoms with van der Waals surface area (Å²) in [7, 11) is 0. The number of hydrogen-bond donors (Lipinski definition) is 2. The predicted octanol–water partition coefficient (Wildman–Crippen LogP) is 3.91. The Morgan fingerprint density at radius 3 is 2.33 bits per heavy atom. The number of anilines is 1. The second kappa shape index (κ2) is 9.47. The van der Waals surface area contributed by atoms with Crippen molar-refractivity contribution in [2.45, 2.75) is 26.2 Å². The molecule has 2 aromatic rings. The predicted molar refractivity (Wildman–Crippen MR) is 97.8 cm³/mol. The number of halogens is 1. The number of carbonyl (C=O) groups excluding carboxylic acids is 2. The molecule has 6 nitrogen and oxygen atoms in total. The van der Waals surface area contributed by atoms with E-state index < -0.39 is 17.7 Å². The second-order valence-corrected chi connectivity index (χ2v) is 5.84. The molecule has 0 saturated carbocycles. The normalized spacial score (nSPS) is 10.3. The van der Waals surface area contributed by atoms with E-state index in [9.17, 15) is 18.8 Å². The minimum absolute atomic E-state index is 0.0543. The van der Waals surface area contributed by atoms with Crippen LogP contribution in [0, 0.1) is 5.82 Å². The van der Waals surface area contributed by atoms with Gasteiger partial charge in [0, 0.05) is 18.4 Å². The number of carbonyl (C=O) groups is 3. The van der Waals surface area contributed by atoms with E-state index in [4.69, 9.17) is 9.84 Å². The molecule has 0 spiro atoms. The number of ketones is 1. The quantitative estimate of drug-likeness (QED) is 0.650. The average Bonchev–Trinajstić information content (AvgIpc) is 2.66. The molecular formula is C20H20FNO5. The van der Waals surface area contributed by atoms with Gasteiger partial charge in [0.2, 0.25) is 5.91 Å². The molecule has 0 aliphatic rings.